The predicted octanol–water partition coefficient (Wildman–Crippen LogP) is 5.19. The molecular formula is C24H19ClN2O4S. The molecule has 0 atom stereocenters. The number of carbonyl (C=O) groups is 3. The second kappa shape index (κ2) is 9.06. The third-order valence-electron chi connectivity index (χ3n) is 5.10. The maximum atomic E-state index is 13.5. The normalized spacial score (nSPS) is 12.5. The molecule has 0 unspecified atom stereocenters. The Morgan fingerprint density at radius 1 is 1.06 bits per heavy atom. The molecule has 1 heterocycles. The molecule has 162 valence electrons. The fraction of sp³-hybridized carbons (Fsp3) is 0.125. The van der Waals surface area contributed by atoms with Crippen molar-refractivity contribution in [3.8, 4) is 0 Å². The molecule has 3 aromatic rings. The quantitative estimate of drug-likeness (QED) is 0.536. The minimum atomic E-state index is -0.522. The van der Waals surface area contributed by atoms with E-state index in [0.717, 1.165) is 15.4 Å². The third-order valence-corrected chi connectivity index (χ3v) is 6.65. The summed E-state index contributed by atoms with van der Waals surface area (Å²) in [6.07, 6.45) is 0. The van der Waals surface area contributed by atoms with E-state index in [1.54, 1.807) is 55.5 Å². The van der Waals surface area contributed by atoms with Crippen molar-refractivity contribution in [2.75, 3.05) is 23.9 Å². The van der Waals surface area contributed by atoms with Crippen LogP contribution in [0.25, 0.3) is 0 Å². The van der Waals surface area contributed by atoms with E-state index in [1.807, 2.05) is 12.1 Å². The first-order valence-corrected chi connectivity index (χ1v) is 10.9. The molecule has 0 saturated carbocycles. The van der Waals surface area contributed by atoms with E-state index in [9.17, 15) is 14.4 Å². The van der Waals surface area contributed by atoms with Crippen LogP contribution in [0.2, 0.25) is 5.02 Å². The molecule has 0 radical (unpaired) electrons. The molecule has 0 aliphatic carbocycles. The maximum Gasteiger partial charge on any atom is 0.337 e. The molecule has 1 N–H and O–H groups in total. The Hall–Kier alpha value is -3.29. The molecule has 0 spiro atoms. The summed E-state index contributed by atoms with van der Waals surface area (Å²) in [5, 5.41) is 3.36. The highest BCUT2D eigenvalue weighted by atomic mass is 35.5. The summed E-state index contributed by atoms with van der Waals surface area (Å²) >= 11 is 7.57. The van der Waals surface area contributed by atoms with Crippen molar-refractivity contribution in [3.05, 3.63) is 82.4 Å². The lowest BCUT2D eigenvalue weighted by molar-refractivity contribution is -0.114. The summed E-state index contributed by atoms with van der Waals surface area (Å²) in [5.41, 5.74) is 2.56. The molecule has 3 aromatic carbocycles. The molecule has 8 heteroatoms. The Morgan fingerprint density at radius 3 is 2.62 bits per heavy atom. The maximum absolute atomic E-state index is 13.5. The van der Waals surface area contributed by atoms with Crippen LogP contribution in [0.15, 0.2) is 70.5 Å². The number of hydrogen-bond donors (Lipinski definition) is 1. The van der Waals surface area contributed by atoms with Gasteiger partial charge in [-0.05, 0) is 55.0 Å². The Morgan fingerprint density at radius 2 is 1.84 bits per heavy atom. The molecule has 2 amide bonds. The van der Waals surface area contributed by atoms with Crippen LogP contribution in [-0.2, 0) is 9.53 Å². The van der Waals surface area contributed by atoms with E-state index in [1.165, 1.54) is 23.8 Å². The van der Waals surface area contributed by atoms with Gasteiger partial charge in [0.2, 0.25) is 5.91 Å². The van der Waals surface area contributed by atoms with Crippen molar-refractivity contribution < 1.29 is 19.1 Å². The van der Waals surface area contributed by atoms with Crippen LogP contribution in [0.3, 0.4) is 0 Å². The summed E-state index contributed by atoms with van der Waals surface area (Å²) < 4.78 is 4.83. The summed E-state index contributed by atoms with van der Waals surface area (Å²) in [5.74, 6) is -1.24. The number of halogens is 1. The zero-order valence-electron chi connectivity index (χ0n) is 17.3. The van der Waals surface area contributed by atoms with Gasteiger partial charge in [-0.15, -0.1) is 0 Å². The number of methoxy groups -OCH3 is 1. The highest BCUT2D eigenvalue weighted by Crippen LogP contribution is 2.41. The molecule has 0 fully saturated rings. The Labute approximate surface area is 194 Å². The van der Waals surface area contributed by atoms with Crippen molar-refractivity contribution in [1.29, 1.82) is 0 Å². The first-order valence-electron chi connectivity index (χ1n) is 9.75. The van der Waals surface area contributed by atoms with Crippen molar-refractivity contribution in [2.24, 2.45) is 0 Å². The molecule has 1 aliphatic heterocycles. The number of ether oxygens (including phenoxy) is 1. The van der Waals surface area contributed by atoms with Gasteiger partial charge in [-0.25, -0.2) is 4.79 Å². The fourth-order valence-electron chi connectivity index (χ4n) is 3.40. The number of carbonyl (C=O) groups excluding carboxylic acids is 3. The summed E-state index contributed by atoms with van der Waals surface area (Å²) in [6.45, 7) is 1.57. The number of nitrogens with one attached hydrogen (secondary N) is 1. The van der Waals surface area contributed by atoms with Gasteiger partial charge in [0, 0.05) is 20.5 Å². The predicted molar refractivity (Wildman–Crippen MR) is 125 cm³/mol. The van der Waals surface area contributed by atoms with Crippen molar-refractivity contribution in [1.82, 2.24) is 0 Å². The molecule has 4 rings (SSSR count). The van der Waals surface area contributed by atoms with E-state index >= 15 is 0 Å². The van der Waals surface area contributed by atoms with Gasteiger partial charge in [0.1, 0.15) is 6.54 Å². The molecule has 6 nitrogen and oxygen atoms in total. The van der Waals surface area contributed by atoms with Gasteiger partial charge in [-0.1, -0.05) is 41.6 Å². The lowest BCUT2D eigenvalue weighted by atomic mass is 10.1. The molecule has 32 heavy (non-hydrogen) atoms. The van der Waals surface area contributed by atoms with Gasteiger partial charge in [-0.2, -0.15) is 0 Å². The number of nitrogens with zero attached hydrogens (tertiary/aromatic N) is 1. The SMILES string of the molecule is COC(=O)c1ccc2c(c1)N(CC(=O)Nc1cccc(Cl)c1C)C(=O)c1ccccc1S2. The largest absolute Gasteiger partial charge is 0.465 e. The summed E-state index contributed by atoms with van der Waals surface area (Å²) in [4.78, 5) is 41.4. The van der Waals surface area contributed by atoms with E-state index in [4.69, 9.17) is 16.3 Å². The van der Waals surface area contributed by atoms with Crippen LogP contribution >= 0.6 is 23.4 Å². The van der Waals surface area contributed by atoms with E-state index in [-0.39, 0.29) is 18.4 Å². The average Bonchev–Trinajstić information content (AvgIpc) is 2.91. The van der Waals surface area contributed by atoms with Gasteiger partial charge in [0.05, 0.1) is 23.9 Å². The number of anilines is 2. The lowest BCUT2D eigenvalue weighted by Gasteiger charge is -2.23. The average molecular weight is 467 g/mol. The highest BCUT2D eigenvalue weighted by Gasteiger charge is 2.29. The van der Waals surface area contributed by atoms with E-state index < -0.39 is 5.97 Å². The number of fused-ring (bicyclic) bond motifs is 2. The Balaban J connectivity index is 1.73. The minimum absolute atomic E-state index is 0.239. The molecule has 0 bridgehead atoms. The van der Waals surface area contributed by atoms with Crippen LogP contribution in [0.5, 0.6) is 0 Å². The highest BCUT2D eigenvalue weighted by molar-refractivity contribution is 7.99. The van der Waals surface area contributed by atoms with Gasteiger partial charge in [0.15, 0.2) is 0 Å². The minimum Gasteiger partial charge on any atom is -0.465 e. The summed E-state index contributed by atoms with van der Waals surface area (Å²) in [7, 11) is 1.29. The van der Waals surface area contributed by atoms with Crippen LogP contribution in [0, 0.1) is 6.92 Å². The van der Waals surface area contributed by atoms with Crippen molar-refractivity contribution in [3.63, 3.8) is 0 Å². The lowest BCUT2D eigenvalue weighted by Crippen LogP contribution is -2.38. The summed E-state index contributed by atoms with van der Waals surface area (Å²) in [6, 6.07) is 17.4. The third kappa shape index (κ3) is 4.22. The standard InChI is InChI=1S/C24H19ClN2O4S/c1-14-17(25)7-5-8-18(14)26-22(28)13-27-19-12-15(24(30)31-2)10-11-21(19)32-20-9-4-3-6-16(20)23(27)29/h3-12H,13H2,1-2H3,(H,26,28). The topological polar surface area (TPSA) is 75.7 Å². The monoisotopic (exact) mass is 466 g/mol. The van der Waals surface area contributed by atoms with E-state index in [2.05, 4.69) is 5.32 Å². The molecular weight excluding hydrogens is 448 g/mol. The first kappa shape index (κ1) is 21.9. The van der Waals surface area contributed by atoms with Gasteiger partial charge >= 0.3 is 5.97 Å². The van der Waals surface area contributed by atoms with Gasteiger partial charge in [0.25, 0.3) is 5.91 Å². The van der Waals surface area contributed by atoms with E-state index in [0.29, 0.717) is 27.5 Å². The van der Waals surface area contributed by atoms with Crippen molar-refractivity contribution in [2.45, 2.75) is 16.7 Å². The van der Waals surface area contributed by atoms with Crippen LogP contribution in [0.1, 0.15) is 26.3 Å². The molecule has 0 saturated heterocycles. The number of esters is 1. The first-order chi connectivity index (χ1) is 15.4. The number of hydrogen-bond acceptors (Lipinski definition) is 5. The Bertz CT molecular complexity index is 1240. The smallest absolute Gasteiger partial charge is 0.337 e. The number of benzene rings is 3. The van der Waals surface area contributed by atoms with Crippen LogP contribution in [0.4, 0.5) is 11.4 Å². The fourth-order valence-corrected chi connectivity index (χ4v) is 4.63. The zero-order chi connectivity index (χ0) is 22.8. The molecule has 0 aromatic heterocycles. The second-order valence-corrected chi connectivity index (χ2v) is 8.62. The van der Waals surface area contributed by atoms with Crippen molar-refractivity contribution >= 4 is 52.5 Å². The number of amides is 2. The number of rotatable bonds is 4. The molecule has 1 aliphatic rings. The van der Waals surface area contributed by atoms with Gasteiger partial charge in [-0.3, -0.25) is 14.5 Å². The van der Waals surface area contributed by atoms with Gasteiger partial charge < -0.3 is 10.1 Å². The zero-order valence-corrected chi connectivity index (χ0v) is 18.9. The van der Waals surface area contributed by atoms with Crippen LogP contribution < -0.4 is 10.2 Å². The van der Waals surface area contributed by atoms with Crippen LogP contribution in [-0.4, -0.2) is 31.4 Å². The Kier molecular flexibility index (Phi) is 6.21. The second-order valence-electron chi connectivity index (χ2n) is 7.12.